The zero-order valence-corrected chi connectivity index (χ0v) is 7.85. The van der Waals surface area contributed by atoms with Gasteiger partial charge in [0, 0.05) is 5.40 Å². The van der Waals surface area contributed by atoms with E-state index in [0.29, 0.717) is 0 Å². The van der Waals surface area contributed by atoms with Crippen LogP contribution < -0.4 is 4.98 Å². The summed E-state index contributed by atoms with van der Waals surface area (Å²) in [5.74, 6) is 0. The van der Waals surface area contributed by atoms with E-state index in [0.717, 1.165) is 0 Å². The third-order valence-electron chi connectivity index (χ3n) is 0.542. The third kappa shape index (κ3) is 6.82. The first kappa shape index (κ1) is 8.82. The van der Waals surface area contributed by atoms with Gasteiger partial charge < -0.3 is 4.98 Å². The van der Waals surface area contributed by atoms with Gasteiger partial charge in [0.25, 0.3) is 0 Å². The first-order chi connectivity index (χ1) is 3.42. The lowest BCUT2D eigenvalue weighted by Crippen LogP contribution is -2.43. The SMILES string of the molecule is BC(Cl)N[Si](C)(C)Cl. The van der Waals surface area contributed by atoms with E-state index in [1.165, 1.54) is 0 Å². The molecule has 1 N–H and O–H groups in total. The van der Waals surface area contributed by atoms with Crippen LogP contribution in [0.4, 0.5) is 0 Å². The van der Waals surface area contributed by atoms with Crippen molar-refractivity contribution in [2.45, 2.75) is 18.5 Å². The highest BCUT2D eigenvalue weighted by Gasteiger charge is 2.17. The minimum absolute atomic E-state index is 0.00540. The van der Waals surface area contributed by atoms with Gasteiger partial charge >= 0.3 is 0 Å². The van der Waals surface area contributed by atoms with Gasteiger partial charge in [-0.2, -0.15) is 0 Å². The van der Waals surface area contributed by atoms with Gasteiger partial charge in [-0.15, -0.1) is 22.7 Å². The first-order valence-electron chi connectivity index (χ1n) is 2.52. The fourth-order valence-corrected chi connectivity index (χ4v) is 2.90. The second-order valence-electron chi connectivity index (χ2n) is 2.23. The number of alkyl halides is 1. The smallest absolute Gasteiger partial charge is 0.221 e. The van der Waals surface area contributed by atoms with E-state index in [9.17, 15) is 0 Å². The molecule has 48 valence electrons. The molecule has 0 radical (unpaired) electrons. The Kier molecular flexibility index (Phi) is 3.43. The number of hydrogen-bond donors (Lipinski definition) is 1. The molecule has 0 aliphatic heterocycles. The fraction of sp³-hybridized carbons (Fsp3) is 1.00. The summed E-state index contributed by atoms with van der Waals surface area (Å²) in [6.45, 7) is 3.99. The summed E-state index contributed by atoms with van der Waals surface area (Å²) in [6, 6.07) is 0. The molecule has 0 aliphatic carbocycles. The molecule has 0 aromatic rings. The van der Waals surface area contributed by atoms with Crippen molar-refractivity contribution < 1.29 is 0 Å². The molecule has 1 unspecified atom stereocenters. The third-order valence-corrected chi connectivity index (χ3v) is 2.28. The predicted molar refractivity (Wildman–Crippen MR) is 44.7 cm³/mol. The highest BCUT2D eigenvalue weighted by atomic mass is 35.6. The molecule has 1 atom stereocenters. The van der Waals surface area contributed by atoms with Crippen LogP contribution in [0.25, 0.3) is 0 Å². The average molecular weight is 170 g/mol. The minimum atomic E-state index is -1.63. The number of nitrogens with one attached hydrogen (secondary N) is 1. The van der Waals surface area contributed by atoms with Crippen LogP contribution in [0.3, 0.4) is 0 Å². The number of rotatable bonds is 2. The molecule has 5 heteroatoms. The van der Waals surface area contributed by atoms with Gasteiger partial charge in [-0.05, 0) is 13.1 Å². The molecule has 0 aromatic carbocycles. The van der Waals surface area contributed by atoms with Crippen molar-refractivity contribution >= 4 is 38.1 Å². The molecule has 0 bridgehead atoms. The van der Waals surface area contributed by atoms with Gasteiger partial charge in [0.05, 0.1) is 0 Å². The molecule has 0 heterocycles. The molecule has 0 rings (SSSR count). The van der Waals surface area contributed by atoms with Crippen molar-refractivity contribution in [1.82, 2.24) is 4.98 Å². The topological polar surface area (TPSA) is 12.0 Å². The maximum atomic E-state index is 5.87. The normalized spacial score (nSPS) is 16.0. The molecular formula is C3H10BCl2NSi. The predicted octanol–water partition coefficient (Wildman–Crippen LogP) is 0.672. The van der Waals surface area contributed by atoms with Crippen LogP contribution in [0.5, 0.6) is 0 Å². The Labute approximate surface area is 61.9 Å². The zero-order chi connectivity index (χ0) is 6.78. The van der Waals surface area contributed by atoms with Crippen LogP contribution >= 0.6 is 22.7 Å². The van der Waals surface area contributed by atoms with Crippen LogP contribution in [0.15, 0.2) is 0 Å². The Morgan fingerprint density at radius 3 is 2.00 bits per heavy atom. The number of hydrogen-bond acceptors (Lipinski definition) is 1. The van der Waals surface area contributed by atoms with Crippen molar-refractivity contribution in [3.05, 3.63) is 0 Å². The highest BCUT2D eigenvalue weighted by Crippen LogP contribution is 2.03. The second kappa shape index (κ2) is 3.11. The fourth-order valence-electron chi connectivity index (χ4n) is 0.473. The van der Waals surface area contributed by atoms with Crippen molar-refractivity contribution in [1.29, 1.82) is 0 Å². The van der Waals surface area contributed by atoms with E-state index in [-0.39, 0.29) is 5.40 Å². The van der Waals surface area contributed by atoms with Gasteiger partial charge in [0.1, 0.15) is 7.85 Å². The van der Waals surface area contributed by atoms with Crippen LogP contribution in [0, 0.1) is 0 Å². The highest BCUT2D eigenvalue weighted by molar-refractivity contribution is 7.17. The van der Waals surface area contributed by atoms with E-state index < -0.39 is 7.55 Å². The summed E-state index contributed by atoms with van der Waals surface area (Å²) in [4.78, 5) is 3.05. The monoisotopic (exact) mass is 169 g/mol. The van der Waals surface area contributed by atoms with E-state index in [4.69, 9.17) is 22.7 Å². The van der Waals surface area contributed by atoms with E-state index in [2.05, 4.69) is 4.98 Å². The van der Waals surface area contributed by atoms with Crippen LogP contribution in [0.1, 0.15) is 0 Å². The van der Waals surface area contributed by atoms with E-state index in [1.54, 1.807) is 0 Å². The van der Waals surface area contributed by atoms with Crippen LogP contribution in [0.2, 0.25) is 13.1 Å². The van der Waals surface area contributed by atoms with Crippen LogP contribution in [-0.4, -0.2) is 20.8 Å². The van der Waals surface area contributed by atoms with Crippen molar-refractivity contribution in [3.63, 3.8) is 0 Å². The molecule has 0 saturated heterocycles. The molecule has 1 nitrogen and oxygen atoms in total. The quantitative estimate of drug-likeness (QED) is 0.278. The molecule has 8 heavy (non-hydrogen) atoms. The summed E-state index contributed by atoms with van der Waals surface area (Å²) < 4.78 is 0. The largest absolute Gasteiger partial charge is 0.318 e. The van der Waals surface area contributed by atoms with Gasteiger partial charge in [0.2, 0.25) is 7.55 Å². The summed E-state index contributed by atoms with van der Waals surface area (Å²) in [7, 11) is 0.244. The van der Waals surface area contributed by atoms with Gasteiger partial charge in [0.15, 0.2) is 0 Å². The molecule has 0 saturated carbocycles. The lowest BCUT2D eigenvalue weighted by molar-refractivity contribution is 1.06. The Balaban J connectivity index is 3.39. The Morgan fingerprint density at radius 1 is 1.62 bits per heavy atom. The molecule has 0 spiro atoms. The van der Waals surface area contributed by atoms with Gasteiger partial charge in [-0.3, -0.25) is 0 Å². The van der Waals surface area contributed by atoms with Crippen molar-refractivity contribution in [3.8, 4) is 0 Å². The maximum Gasteiger partial charge on any atom is 0.221 e. The lowest BCUT2D eigenvalue weighted by Gasteiger charge is -2.16. The standard InChI is InChI=1S/C3H10BCl2NSi/c1-8(2,6)7-3(4)5/h3,7H,4H2,1-2H3. The van der Waals surface area contributed by atoms with E-state index >= 15 is 0 Å². The van der Waals surface area contributed by atoms with Gasteiger partial charge in [-0.25, -0.2) is 0 Å². The average Bonchev–Trinajstić information content (AvgIpc) is 1.21. The first-order valence-corrected chi connectivity index (χ1v) is 6.97. The number of halogens is 2. The Hall–Kier alpha value is 0.822. The van der Waals surface area contributed by atoms with Crippen molar-refractivity contribution in [2.75, 3.05) is 0 Å². The van der Waals surface area contributed by atoms with Gasteiger partial charge in [-0.1, -0.05) is 0 Å². The molecule has 0 amide bonds. The molecule has 0 fully saturated rings. The Bertz CT molecular complexity index is 72.2. The molecule has 0 aliphatic rings. The Morgan fingerprint density at radius 2 is 2.00 bits per heavy atom. The van der Waals surface area contributed by atoms with Crippen molar-refractivity contribution in [2.24, 2.45) is 0 Å². The summed E-state index contributed by atoms with van der Waals surface area (Å²) in [6.07, 6.45) is 0. The molecule has 0 aromatic heterocycles. The summed E-state index contributed by atoms with van der Waals surface area (Å²) in [5, 5.41) is -0.00540. The maximum absolute atomic E-state index is 5.87. The zero-order valence-electron chi connectivity index (χ0n) is 5.33. The summed E-state index contributed by atoms with van der Waals surface area (Å²) in [5.41, 5.74) is 0. The summed E-state index contributed by atoms with van der Waals surface area (Å²) >= 11 is 11.5. The van der Waals surface area contributed by atoms with E-state index in [1.807, 2.05) is 20.9 Å². The van der Waals surface area contributed by atoms with Crippen LogP contribution in [-0.2, 0) is 0 Å². The minimum Gasteiger partial charge on any atom is -0.318 e. The second-order valence-corrected chi connectivity index (χ2v) is 8.96. The lowest BCUT2D eigenvalue weighted by atomic mass is 10.2. The molecular weight excluding hydrogens is 160 g/mol.